The number of aryl methyl sites for hydroxylation is 1. The number of fused-ring (bicyclic) bond motifs is 1. The summed E-state index contributed by atoms with van der Waals surface area (Å²) in [6.07, 6.45) is 2.94. The molecule has 0 radical (unpaired) electrons. The molecule has 1 heterocycles. The fourth-order valence-corrected chi connectivity index (χ4v) is 5.63. The van der Waals surface area contributed by atoms with E-state index in [0.29, 0.717) is 26.8 Å². The maximum Gasteiger partial charge on any atom is 0.266 e. The van der Waals surface area contributed by atoms with E-state index in [4.69, 9.17) is 27.1 Å². The second-order valence-electron chi connectivity index (χ2n) is 6.20. The van der Waals surface area contributed by atoms with Crippen molar-refractivity contribution in [3.63, 3.8) is 0 Å². The summed E-state index contributed by atoms with van der Waals surface area (Å²) in [5.41, 5.74) is 7.64. The number of aromatic amines is 1. The number of halogens is 1. The molecule has 0 aliphatic carbocycles. The minimum atomic E-state index is -3.71. The van der Waals surface area contributed by atoms with Gasteiger partial charge in [0.2, 0.25) is 0 Å². The van der Waals surface area contributed by atoms with E-state index in [-0.39, 0.29) is 11.0 Å². The Morgan fingerprint density at radius 3 is 2.71 bits per heavy atom. The molecule has 6 nitrogen and oxygen atoms in total. The van der Waals surface area contributed by atoms with E-state index in [1.54, 1.807) is 36.4 Å². The molecule has 1 atom stereocenters. The second kappa shape index (κ2) is 7.65. The third-order valence-corrected chi connectivity index (χ3v) is 7.05. The van der Waals surface area contributed by atoms with Crippen molar-refractivity contribution in [2.24, 2.45) is 5.73 Å². The van der Waals surface area contributed by atoms with Gasteiger partial charge in [0.15, 0.2) is 0 Å². The number of nitrogens with two attached hydrogens (primary N) is 1. The van der Waals surface area contributed by atoms with Crippen molar-refractivity contribution in [1.29, 1.82) is 5.26 Å². The Balaban J connectivity index is 2.36. The van der Waals surface area contributed by atoms with E-state index < -0.39 is 13.3 Å². The van der Waals surface area contributed by atoms with Crippen LogP contribution in [0.1, 0.15) is 21.6 Å². The molecule has 3 rings (SSSR count). The van der Waals surface area contributed by atoms with Crippen molar-refractivity contribution in [3.05, 3.63) is 64.3 Å². The van der Waals surface area contributed by atoms with Gasteiger partial charge in [-0.05, 0) is 54.5 Å². The average Bonchev–Trinajstić information content (AvgIpc) is 3.04. The zero-order valence-electron chi connectivity index (χ0n) is 15.2. The average molecular weight is 414 g/mol. The van der Waals surface area contributed by atoms with Gasteiger partial charge in [0, 0.05) is 34.4 Å². The number of nitrogens with zero attached hydrogens (tertiary/aromatic N) is 1. The number of benzene rings is 2. The first-order valence-corrected chi connectivity index (χ1v) is 10.3. The van der Waals surface area contributed by atoms with Crippen molar-refractivity contribution in [2.45, 2.75) is 6.92 Å². The molecular formula is C20H17ClN3O3P. The summed E-state index contributed by atoms with van der Waals surface area (Å²) in [4.78, 5) is 15.0. The monoisotopic (exact) mass is 413 g/mol. The van der Waals surface area contributed by atoms with E-state index in [1.165, 1.54) is 13.2 Å². The quantitative estimate of drug-likeness (QED) is 0.491. The molecule has 0 saturated heterocycles. The van der Waals surface area contributed by atoms with E-state index in [0.717, 1.165) is 5.56 Å². The second-order valence-corrected chi connectivity index (χ2v) is 9.07. The first-order valence-electron chi connectivity index (χ1n) is 8.26. The van der Waals surface area contributed by atoms with Crippen molar-refractivity contribution < 1.29 is 13.9 Å². The standard InChI is InChI=1S/C20H17ClN3O3P/c1-12-8-13(4-3-7-22)10-15(9-12)28(26,27-2)19-16-11-14(21)5-6-17(16)24-18(19)20(23)25/h3-6,8-11,24H,1-2H3,(H2,23,25)/b4-3+. The zero-order valence-corrected chi connectivity index (χ0v) is 16.8. The number of H-pyrrole nitrogens is 1. The summed E-state index contributed by atoms with van der Waals surface area (Å²) in [5, 5.41) is 10.3. The van der Waals surface area contributed by atoms with Crippen LogP contribution >= 0.6 is 19.0 Å². The van der Waals surface area contributed by atoms with E-state index in [2.05, 4.69) is 4.98 Å². The molecule has 2 aromatic carbocycles. The molecule has 8 heteroatoms. The van der Waals surface area contributed by atoms with Crippen LogP contribution in [-0.2, 0) is 9.09 Å². The van der Waals surface area contributed by atoms with Crippen LogP contribution in [-0.4, -0.2) is 18.0 Å². The number of nitrogens with one attached hydrogen (secondary N) is 1. The summed E-state index contributed by atoms with van der Waals surface area (Å²) in [6.45, 7) is 1.84. The van der Waals surface area contributed by atoms with Gasteiger partial charge < -0.3 is 15.2 Å². The van der Waals surface area contributed by atoms with Gasteiger partial charge in [-0.2, -0.15) is 5.26 Å². The number of allylic oxidation sites excluding steroid dienone is 1. The molecule has 0 spiro atoms. The largest absolute Gasteiger partial charge is 0.364 e. The minimum Gasteiger partial charge on any atom is -0.364 e. The third-order valence-electron chi connectivity index (χ3n) is 4.31. The minimum absolute atomic E-state index is 0.0121. The Morgan fingerprint density at radius 1 is 1.32 bits per heavy atom. The van der Waals surface area contributed by atoms with Gasteiger partial charge in [-0.15, -0.1) is 0 Å². The highest BCUT2D eigenvalue weighted by Gasteiger charge is 2.35. The topological polar surface area (TPSA) is 109 Å². The highest BCUT2D eigenvalue weighted by Crippen LogP contribution is 2.47. The Morgan fingerprint density at radius 2 is 2.07 bits per heavy atom. The summed E-state index contributed by atoms with van der Waals surface area (Å²) < 4.78 is 19.6. The lowest BCUT2D eigenvalue weighted by molar-refractivity contribution is 0.0997. The predicted octanol–water partition coefficient (Wildman–Crippen LogP) is 3.64. The maximum atomic E-state index is 14.1. The van der Waals surface area contributed by atoms with Crippen LogP contribution in [0.15, 0.2) is 42.5 Å². The van der Waals surface area contributed by atoms with Crippen LogP contribution in [0, 0.1) is 18.3 Å². The van der Waals surface area contributed by atoms with Crippen molar-refractivity contribution >= 4 is 52.5 Å². The fourth-order valence-electron chi connectivity index (χ4n) is 3.15. The van der Waals surface area contributed by atoms with Crippen molar-refractivity contribution in [3.8, 4) is 6.07 Å². The van der Waals surface area contributed by atoms with Crippen LogP contribution < -0.4 is 16.3 Å². The summed E-state index contributed by atoms with van der Waals surface area (Å²) in [5.74, 6) is -0.753. The SMILES string of the molecule is COP(=O)(c1cc(C)cc(/C=C/C#N)c1)c1c(C(N)=O)[nH]c2ccc(Cl)cc12. The van der Waals surface area contributed by atoms with Crippen LogP contribution in [0.25, 0.3) is 17.0 Å². The number of rotatable bonds is 5. The summed E-state index contributed by atoms with van der Waals surface area (Å²) >= 11 is 6.13. The zero-order chi connectivity index (χ0) is 20.5. The number of aromatic nitrogens is 1. The Hall–Kier alpha value is -2.84. The first kappa shape index (κ1) is 19.9. The molecule has 1 aromatic heterocycles. The molecule has 3 N–H and O–H groups in total. The Kier molecular flexibility index (Phi) is 5.44. The number of primary amides is 1. The van der Waals surface area contributed by atoms with E-state index in [9.17, 15) is 9.36 Å². The van der Waals surface area contributed by atoms with Crippen molar-refractivity contribution in [2.75, 3.05) is 7.11 Å². The van der Waals surface area contributed by atoms with Gasteiger partial charge in [-0.25, -0.2) is 0 Å². The number of carbonyl (C=O) groups is 1. The number of amides is 1. The summed E-state index contributed by atoms with van der Waals surface area (Å²) in [7, 11) is -2.39. The lowest BCUT2D eigenvalue weighted by Gasteiger charge is -2.19. The van der Waals surface area contributed by atoms with Gasteiger partial charge in [0.05, 0.1) is 11.4 Å². The van der Waals surface area contributed by atoms with Crippen molar-refractivity contribution in [1.82, 2.24) is 4.98 Å². The molecule has 0 fully saturated rings. The molecule has 28 heavy (non-hydrogen) atoms. The number of nitriles is 1. The van der Waals surface area contributed by atoms with E-state index >= 15 is 0 Å². The lowest BCUT2D eigenvalue weighted by atomic mass is 10.1. The number of hydrogen-bond acceptors (Lipinski definition) is 4. The highest BCUT2D eigenvalue weighted by atomic mass is 35.5. The molecule has 1 unspecified atom stereocenters. The highest BCUT2D eigenvalue weighted by molar-refractivity contribution is 7.75. The Labute approximate surface area is 167 Å². The number of carbonyl (C=O) groups excluding carboxylic acids is 1. The molecule has 0 saturated carbocycles. The van der Waals surface area contributed by atoms with E-state index in [1.807, 2.05) is 19.1 Å². The molecular weight excluding hydrogens is 397 g/mol. The molecule has 142 valence electrons. The van der Waals surface area contributed by atoms with Gasteiger partial charge in [0.1, 0.15) is 5.69 Å². The smallest absolute Gasteiger partial charge is 0.266 e. The lowest BCUT2D eigenvalue weighted by Crippen LogP contribution is -2.26. The van der Waals surface area contributed by atoms with Gasteiger partial charge in [0.25, 0.3) is 13.3 Å². The number of hydrogen-bond donors (Lipinski definition) is 2. The van der Waals surface area contributed by atoms with Crippen LogP contribution in [0.3, 0.4) is 0 Å². The fraction of sp³-hybridized carbons (Fsp3) is 0.100. The molecule has 0 aliphatic rings. The van der Waals surface area contributed by atoms with Gasteiger partial charge in [-0.3, -0.25) is 9.36 Å². The van der Waals surface area contributed by atoms with Crippen LogP contribution in [0.5, 0.6) is 0 Å². The molecule has 0 bridgehead atoms. The molecule has 0 aliphatic heterocycles. The molecule has 1 amide bonds. The van der Waals surface area contributed by atoms with Crippen LogP contribution in [0.4, 0.5) is 0 Å². The predicted molar refractivity (Wildman–Crippen MR) is 112 cm³/mol. The molecule has 3 aromatic rings. The van der Waals surface area contributed by atoms with Crippen LogP contribution in [0.2, 0.25) is 5.02 Å². The van der Waals surface area contributed by atoms with Gasteiger partial charge in [-0.1, -0.05) is 17.7 Å². The first-order chi connectivity index (χ1) is 13.3. The Bertz CT molecular complexity index is 1210. The summed E-state index contributed by atoms with van der Waals surface area (Å²) in [6, 6.07) is 12.1. The van der Waals surface area contributed by atoms with Gasteiger partial charge >= 0.3 is 0 Å². The third kappa shape index (κ3) is 3.48. The normalized spacial score (nSPS) is 13.5. The maximum absolute atomic E-state index is 14.1.